The van der Waals surface area contributed by atoms with Gasteiger partial charge in [-0.3, -0.25) is 4.90 Å². The summed E-state index contributed by atoms with van der Waals surface area (Å²) in [5.74, 6) is 0. The third kappa shape index (κ3) is 4.21. The quantitative estimate of drug-likeness (QED) is 0.699. The Kier molecular flexibility index (Phi) is 6.27. The molecule has 1 heterocycles. The minimum Gasteiger partial charge on any atom is -0.304 e. The van der Waals surface area contributed by atoms with E-state index in [4.69, 9.17) is 11.6 Å². The maximum atomic E-state index is 5.88. The minimum absolute atomic E-state index is 0.0283. The van der Waals surface area contributed by atoms with Gasteiger partial charge in [0.15, 0.2) is 0 Å². The highest BCUT2D eigenvalue weighted by molar-refractivity contribution is 6.30. The van der Waals surface area contributed by atoms with Gasteiger partial charge in [0.2, 0.25) is 0 Å². The van der Waals surface area contributed by atoms with Crippen LogP contribution >= 0.6 is 11.6 Å². The largest absolute Gasteiger partial charge is 0.304 e. The highest BCUT2D eigenvalue weighted by Gasteiger charge is 2.43. The summed E-state index contributed by atoms with van der Waals surface area (Å²) in [4.78, 5) is 5.01. The molecule has 1 aliphatic heterocycles. The Morgan fingerprint density at radius 3 is 2.00 bits per heavy atom. The van der Waals surface area contributed by atoms with Gasteiger partial charge in [0, 0.05) is 42.2 Å². The van der Waals surface area contributed by atoms with Crippen LogP contribution in [0.2, 0.25) is 0 Å². The van der Waals surface area contributed by atoms with Crippen molar-refractivity contribution in [1.29, 1.82) is 0 Å². The molecule has 0 bridgehead atoms. The number of halogens is 1. The fourth-order valence-corrected chi connectivity index (χ4v) is 3.02. The van der Waals surface area contributed by atoms with Gasteiger partial charge in [0.1, 0.15) is 0 Å². The molecule has 0 atom stereocenters. The fourth-order valence-electron chi connectivity index (χ4n) is 2.96. The Labute approximate surface area is 136 Å². The Bertz CT molecular complexity index is 424. The fraction of sp³-hybridized carbons (Fsp3) is 0.667. The molecule has 0 aromatic heterocycles. The number of rotatable bonds is 5. The summed E-state index contributed by atoms with van der Waals surface area (Å²) in [7, 11) is 2.20. The average Bonchev–Trinajstić information content (AvgIpc) is 2.39. The van der Waals surface area contributed by atoms with Gasteiger partial charge in [-0.2, -0.15) is 0 Å². The van der Waals surface area contributed by atoms with Crippen LogP contribution in [0.15, 0.2) is 35.4 Å². The maximum absolute atomic E-state index is 5.88. The first kappa shape index (κ1) is 18.5. The van der Waals surface area contributed by atoms with E-state index in [2.05, 4.69) is 70.2 Å². The van der Waals surface area contributed by atoms with Crippen molar-refractivity contribution in [2.45, 2.75) is 40.2 Å². The zero-order valence-corrected chi connectivity index (χ0v) is 15.3. The van der Waals surface area contributed by atoms with Crippen molar-refractivity contribution < 1.29 is 0 Å². The van der Waals surface area contributed by atoms with Crippen molar-refractivity contribution in [3.05, 3.63) is 35.4 Å². The molecule has 1 fully saturated rings. The minimum atomic E-state index is 0.0283. The average molecular weight is 311 g/mol. The lowest BCUT2D eigenvalue weighted by molar-refractivity contribution is 0.00147. The molecule has 3 heteroatoms. The van der Waals surface area contributed by atoms with Crippen molar-refractivity contribution >= 4 is 11.6 Å². The second-order valence-corrected chi connectivity index (χ2v) is 7.48. The molecule has 2 nitrogen and oxygen atoms in total. The van der Waals surface area contributed by atoms with E-state index in [1.54, 1.807) is 0 Å². The first-order valence-corrected chi connectivity index (χ1v) is 8.13. The summed E-state index contributed by atoms with van der Waals surface area (Å²) in [5, 5.41) is 0.572. The first-order chi connectivity index (χ1) is 9.62. The van der Waals surface area contributed by atoms with Crippen LogP contribution in [0.25, 0.3) is 0 Å². The standard InChI is InChI=1S/C18H31ClN2/c1-8-16(10-9-15(2)19)17(3,4)18(5,6)21-13-11-20(7)12-14-21/h8-10H,2,11-14H2,1,3-7H3/b10-9-,16-8+. The number of hydrogen-bond donors (Lipinski definition) is 0. The van der Waals surface area contributed by atoms with Gasteiger partial charge in [0.05, 0.1) is 0 Å². The molecule has 1 aliphatic rings. The number of hydrogen-bond acceptors (Lipinski definition) is 2. The van der Waals surface area contributed by atoms with E-state index in [0.717, 1.165) is 26.2 Å². The van der Waals surface area contributed by atoms with E-state index < -0.39 is 0 Å². The van der Waals surface area contributed by atoms with Crippen LogP contribution in [0.4, 0.5) is 0 Å². The second kappa shape index (κ2) is 7.13. The van der Waals surface area contributed by atoms with Crippen LogP contribution in [0.1, 0.15) is 34.6 Å². The highest BCUT2D eigenvalue weighted by Crippen LogP contribution is 2.42. The molecule has 0 N–H and O–H groups in total. The summed E-state index contributed by atoms with van der Waals surface area (Å²) < 4.78 is 0. The summed E-state index contributed by atoms with van der Waals surface area (Å²) in [6.07, 6.45) is 6.18. The van der Waals surface area contributed by atoms with E-state index >= 15 is 0 Å². The lowest BCUT2D eigenvalue weighted by Gasteiger charge is -2.52. The van der Waals surface area contributed by atoms with E-state index in [1.165, 1.54) is 5.57 Å². The van der Waals surface area contributed by atoms with Crippen LogP contribution in [-0.2, 0) is 0 Å². The highest BCUT2D eigenvalue weighted by atomic mass is 35.5. The van der Waals surface area contributed by atoms with Gasteiger partial charge < -0.3 is 4.90 Å². The van der Waals surface area contributed by atoms with Crippen molar-refractivity contribution in [1.82, 2.24) is 9.80 Å². The second-order valence-electron chi connectivity index (χ2n) is 7.00. The smallest absolute Gasteiger partial charge is 0.0334 e. The third-order valence-electron chi connectivity index (χ3n) is 5.30. The molecule has 1 saturated heterocycles. The number of nitrogens with zero attached hydrogens (tertiary/aromatic N) is 2. The van der Waals surface area contributed by atoms with E-state index in [0.29, 0.717) is 5.03 Å². The zero-order chi connectivity index (χ0) is 16.3. The zero-order valence-electron chi connectivity index (χ0n) is 14.5. The van der Waals surface area contributed by atoms with Gasteiger partial charge in [-0.15, -0.1) is 0 Å². The van der Waals surface area contributed by atoms with E-state index in [9.17, 15) is 0 Å². The Hall–Kier alpha value is -0.570. The summed E-state index contributed by atoms with van der Waals surface area (Å²) in [6, 6.07) is 0. The SMILES string of the molecule is C=C(Cl)/C=C\C(=C/C)C(C)(C)C(C)(C)N1CCN(C)CC1. The Morgan fingerprint density at radius 2 is 1.57 bits per heavy atom. The summed E-state index contributed by atoms with van der Waals surface area (Å²) >= 11 is 5.88. The van der Waals surface area contributed by atoms with Crippen LogP contribution < -0.4 is 0 Å². The molecule has 0 saturated carbocycles. The number of allylic oxidation sites excluding steroid dienone is 4. The molecule has 0 aromatic carbocycles. The molecule has 0 amide bonds. The molecule has 21 heavy (non-hydrogen) atoms. The van der Waals surface area contributed by atoms with Crippen molar-refractivity contribution in [3.8, 4) is 0 Å². The molecule has 0 aromatic rings. The van der Waals surface area contributed by atoms with Gasteiger partial charge in [0.25, 0.3) is 0 Å². The third-order valence-corrected chi connectivity index (χ3v) is 5.43. The Morgan fingerprint density at radius 1 is 1.05 bits per heavy atom. The van der Waals surface area contributed by atoms with Gasteiger partial charge in [-0.05, 0) is 39.5 Å². The van der Waals surface area contributed by atoms with Crippen LogP contribution in [0.3, 0.4) is 0 Å². The van der Waals surface area contributed by atoms with Crippen LogP contribution in [0, 0.1) is 5.41 Å². The molecule has 1 rings (SSSR count). The predicted octanol–water partition coefficient (Wildman–Crippen LogP) is 4.29. The molecular formula is C18H31ClN2. The normalized spacial score (nSPS) is 20.2. The van der Waals surface area contributed by atoms with Crippen molar-refractivity contribution in [2.24, 2.45) is 5.41 Å². The topological polar surface area (TPSA) is 6.48 Å². The molecule has 120 valence electrons. The number of piperazine rings is 1. The molecule has 0 unspecified atom stereocenters. The van der Waals surface area contributed by atoms with Gasteiger partial charge in [-0.25, -0.2) is 0 Å². The van der Waals surface area contributed by atoms with E-state index in [-0.39, 0.29) is 11.0 Å². The predicted molar refractivity (Wildman–Crippen MR) is 94.8 cm³/mol. The molecule has 0 aliphatic carbocycles. The molecule has 0 radical (unpaired) electrons. The Balaban J connectivity index is 2.99. The maximum Gasteiger partial charge on any atom is 0.0334 e. The summed E-state index contributed by atoms with van der Waals surface area (Å²) in [6.45, 7) is 19.7. The van der Waals surface area contributed by atoms with Crippen molar-refractivity contribution in [2.75, 3.05) is 33.2 Å². The number of likely N-dealkylation sites (N-methyl/N-ethyl adjacent to an activating group) is 1. The van der Waals surface area contributed by atoms with Crippen LogP contribution in [0.5, 0.6) is 0 Å². The lowest BCUT2D eigenvalue weighted by atomic mass is 9.67. The van der Waals surface area contributed by atoms with Gasteiger partial charge in [-0.1, -0.05) is 44.2 Å². The lowest BCUT2D eigenvalue weighted by Crippen LogP contribution is -2.60. The molecular weight excluding hydrogens is 280 g/mol. The van der Waals surface area contributed by atoms with Crippen molar-refractivity contribution in [3.63, 3.8) is 0 Å². The van der Waals surface area contributed by atoms with Crippen LogP contribution in [-0.4, -0.2) is 48.6 Å². The van der Waals surface area contributed by atoms with Gasteiger partial charge >= 0.3 is 0 Å². The monoisotopic (exact) mass is 310 g/mol. The molecule has 0 spiro atoms. The summed E-state index contributed by atoms with van der Waals surface area (Å²) in [5.41, 5.74) is 1.41. The van der Waals surface area contributed by atoms with E-state index in [1.807, 2.05) is 6.08 Å². The first-order valence-electron chi connectivity index (χ1n) is 7.75.